The molecule has 0 aromatic heterocycles. The third-order valence-corrected chi connectivity index (χ3v) is 8.17. The molecule has 51 heavy (non-hydrogen) atoms. The molecule has 1 N–H and O–H groups in total. The van der Waals surface area contributed by atoms with Crippen molar-refractivity contribution in [3.8, 4) is 0 Å². The minimum absolute atomic E-state index is 0.146. The van der Waals surface area contributed by atoms with Crippen molar-refractivity contribution in [3.05, 3.63) is 108 Å². The van der Waals surface area contributed by atoms with E-state index in [0.29, 0.717) is 6.61 Å². The fourth-order valence-corrected chi connectivity index (χ4v) is 5.93. The molecule has 274 valence electrons. The molecule has 2 aliphatic rings. The van der Waals surface area contributed by atoms with Crippen LogP contribution in [0.3, 0.4) is 0 Å². The van der Waals surface area contributed by atoms with Gasteiger partial charge in [-0.2, -0.15) is 0 Å². The summed E-state index contributed by atoms with van der Waals surface area (Å²) in [6.45, 7) is 4.06. The van der Waals surface area contributed by atoms with Gasteiger partial charge in [0.25, 0.3) is 0 Å². The summed E-state index contributed by atoms with van der Waals surface area (Å²) in [5.74, 6) is -2.25. The number of aliphatic hydroxyl groups is 1. The fourth-order valence-electron chi connectivity index (χ4n) is 5.93. The molecular formula is C38H44O13. The topological polar surface area (TPSA) is 155 Å². The van der Waals surface area contributed by atoms with Crippen molar-refractivity contribution in [2.75, 3.05) is 13.2 Å². The Morgan fingerprint density at radius 2 is 0.980 bits per heavy atom. The van der Waals surface area contributed by atoms with Gasteiger partial charge in [-0.1, -0.05) is 91.0 Å². The van der Waals surface area contributed by atoms with Crippen molar-refractivity contribution in [2.45, 2.75) is 95.9 Å². The molecule has 0 spiro atoms. The summed E-state index contributed by atoms with van der Waals surface area (Å²) < 4.78 is 53.6. The van der Waals surface area contributed by atoms with Crippen LogP contribution in [0.2, 0.25) is 0 Å². The Morgan fingerprint density at radius 1 is 0.529 bits per heavy atom. The summed E-state index contributed by atoms with van der Waals surface area (Å²) in [6.07, 6.45) is -10.2. The maximum absolute atomic E-state index is 12.2. The zero-order chi connectivity index (χ0) is 36.2. The van der Waals surface area contributed by atoms with Crippen LogP contribution in [0.1, 0.15) is 37.5 Å². The molecule has 13 heteroatoms. The molecular weight excluding hydrogens is 664 g/mol. The molecule has 0 radical (unpaired) electrons. The van der Waals surface area contributed by atoms with Gasteiger partial charge >= 0.3 is 17.9 Å². The van der Waals surface area contributed by atoms with Crippen LogP contribution >= 0.6 is 0 Å². The normalized spacial score (nSPS) is 27.4. The highest BCUT2D eigenvalue weighted by molar-refractivity contribution is 5.68. The van der Waals surface area contributed by atoms with E-state index in [2.05, 4.69) is 0 Å². The van der Waals surface area contributed by atoms with Crippen LogP contribution in [0.5, 0.6) is 0 Å². The molecule has 2 fully saturated rings. The van der Waals surface area contributed by atoms with Gasteiger partial charge in [-0.25, -0.2) is 0 Å². The number of hydrogen-bond donors (Lipinski definition) is 1. The van der Waals surface area contributed by atoms with E-state index in [9.17, 15) is 19.5 Å². The van der Waals surface area contributed by atoms with E-state index in [0.717, 1.165) is 37.5 Å². The Kier molecular flexibility index (Phi) is 14.1. The summed E-state index contributed by atoms with van der Waals surface area (Å²) in [5, 5.41) is 10.9. The van der Waals surface area contributed by atoms with Gasteiger partial charge in [-0.15, -0.1) is 0 Å². The van der Waals surface area contributed by atoms with Crippen LogP contribution in [0.4, 0.5) is 0 Å². The van der Waals surface area contributed by atoms with Gasteiger partial charge in [0.05, 0.1) is 33.0 Å². The Balaban J connectivity index is 1.38. The molecule has 5 rings (SSSR count). The second-order valence-corrected chi connectivity index (χ2v) is 12.2. The molecule has 3 aromatic carbocycles. The lowest BCUT2D eigenvalue weighted by Gasteiger charge is -2.43. The molecule has 0 amide bonds. The Morgan fingerprint density at radius 3 is 1.51 bits per heavy atom. The number of aliphatic hydroxyl groups excluding tert-OH is 1. The lowest BCUT2D eigenvalue weighted by molar-refractivity contribution is -0.305. The fraction of sp³-hybridized carbons (Fsp3) is 0.447. The molecule has 0 bridgehead atoms. The maximum Gasteiger partial charge on any atom is 0.303 e. The smallest absolute Gasteiger partial charge is 0.303 e. The van der Waals surface area contributed by atoms with Gasteiger partial charge in [-0.05, 0) is 16.7 Å². The third-order valence-electron chi connectivity index (χ3n) is 8.17. The number of carbonyl (C=O) groups is 3. The van der Waals surface area contributed by atoms with Gasteiger partial charge < -0.3 is 47.7 Å². The number of rotatable bonds is 16. The molecule has 2 heterocycles. The first-order valence-electron chi connectivity index (χ1n) is 16.7. The van der Waals surface area contributed by atoms with Crippen LogP contribution < -0.4 is 0 Å². The SMILES string of the molecule is CC(=O)O[C@@H]1[C@@H](OC(C)=O)[C@H](O)O[C@H](CO[C@@H]2O[C@H](COCc3ccccc3)[C@@H](OCc3ccccc3)[C@H]2OCc2ccccc2)[C@H]1OC(C)=O. The summed E-state index contributed by atoms with van der Waals surface area (Å²) in [7, 11) is 0. The molecule has 0 aliphatic carbocycles. The van der Waals surface area contributed by atoms with E-state index in [1.165, 1.54) is 0 Å². The molecule has 0 unspecified atom stereocenters. The second-order valence-electron chi connectivity index (χ2n) is 12.2. The highest BCUT2D eigenvalue weighted by atomic mass is 16.7. The summed E-state index contributed by atoms with van der Waals surface area (Å²) in [5.41, 5.74) is 2.84. The zero-order valence-electron chi connectivity index (χ0n) is 28.7. The number of benzene rings is 3. The molecule has 3 aromatic rings. The lowest BCUT2D eigenvalue weighted by Crippen LogP contribution is -2.62. The molecule has 9 atom stereocenters. The van der Waals surface area contributed by atoms with Crippen LogP contribution in [0.15, 0.2) is 91.0 Å². The van der Waals surface area contributed by atoms with E-state index < -0.39 is 73.2 Å². The van der Waals surface area contributed by atoms with E-state index in [-0.39, 0.29) is 26.4 Å². The maximum atomic E-state index is 12.2. The van der Waals surface area contributed by atoms with Crippen molar-refractivity contribution < 1.29 is 62.1 Å². The van der Waals surface area contributed by atoms with E-state index in [1.54, 1.807) is 0 Å². The largest absolute Gasteiger partial charge is 0.456 e. The van der Waals surface area contributed by atoms with Gasteiger partial charge in [0.2, 0.25) is 0 Å². The first kappa shape index (κ1) is 38.0. The predicted molar refractivity (Wildman–Crippen MR) is 178 cm³/mol. The third kappa shape index (κ3) is 11.1. The van der Waals surface area contributed by atoms with Crippen molar-refractivity contribution >= 4 is 17.9 Å². The van der Waals surface area contributed by atoms with Crippen LogP contribution in [-0.2, 0) is 76.8 Å². The Hall–Kier alpha value is -4.21. The highest BCUT2D eigenvalue weighted by Gasteiger charge is 2.53. The van der Waals surface area contributed by atoms with Crippen LogP contribution in [-0.4, -0.2) is 91.5 Å². The standard InChI is InChI=1S/C38H44O13/c1-24(39)47-33-31(50-37(42)35(49-26(3)41)34(33)48-25(2)40)23-46-38-36(45-21-29-17-11-6-12-18-29)32(44-20-28-15-9-5-10-16-28)30(51-38)22-43-19-27-13-7-4-8-14-27/h4-18,30-38,42H,19-23H2,1-3H3/t30-,31-,32-,33-,34+,35-,36-,37-,38-/m1/s1. The quantitative estimate of drug-likeness (QED) is 0.170. The molecule has 2 aliphatic heterocycles. The van der Waals surface area contributed by atoms with E-state index in [1.807, 2.05) is 91.0 Å². The number of carbonyl (C=O) groups excluding carboxylic acids is 3. The summed E-state index contributed by atoms with van der Waals surface area (Å²) in [6, 6.07) is 29.0. The average Bonchev–Trinajstić information content (AvgIpc) is 3.44. The monoisotopic (exact) mass is 708 g/mol. The first-order valence-corrected chi connectivity index (χ1v) is 16.7. The average molecular weight is 709 g/mol. The van der Waals surface area contributed by atoms with E-state index in [4.69, 9.17) is 42.6 Å². The molecule has 0 saturated carbocycles. The minimum Gasteiger partial charge on any atom is -0.456 e. The second kappa shape index (κ2) is 18.9. The van der Waals surface area contributed by atoms with Crippen LogP contribution in [0.25, 0.3) is 0 Å². The van der Waals surface area contributed by atoms with Gasteiger partial charge in [0.15, 0.2) is 30.9 Å². The predicted octanol–water partition coefficient (Wildman–Crippen LogP) is 3.63. The number of esters is 3. The molecule has 13 nitrogen and oxygen atoms in total. The van der Waals surface area contributed by atoms with Crippen molar-refractivity contribution in [1.82, 2.24) is 0 Å². The van der Waals surface area contributed by atoms with Gasteiger partial charge in [-0.3, -0.25) is 14.4 Å². The summed E-state index contributed by atoms with van der Waals surface area (Å²) >= 11 is 0. The van der Waals surface area contributed by atoms with Crippen LogP contribution in [0, 0.1) is 0 Å². The zero-order valence-corrected chi connectivity index (χ0v) is 28.7. The first-order chi connectivity index (χ1) is 24.7. The highest BCUT2D eigenvalue weighted by Crippen LogP contribution is 2.33. The Labute approximate surface area is 296 Å². The number of hydrogen-bond acceptors (Lipinski definition) is 13. The van der Waals surface area contributed by atoms with Gasteiger partial charge in [0.1, 0.15) is 24.4 Å². The van der Waals surface area contributed by atoms with Gasteiger partial charge in [0, 0.05) is 20.8 Å². The summed E-state index contributed by atoms with van der Waals surface area (Å²) in [4.78, 5) is 36.1. The molecule has 2 saturated heterocycles. The van der Waals surface area contributed by atoms with Crippen molar-refractivity contribution in [2.24, 2.45) is 0 Å². The van der Waals surface area contributed by atoms with Crippen molar-refractivity contribution in [1.29, 1.82) is 0 Å². The number of ether oxygens (including phenoxy) is 9. The van der Waals surface area contributed by atoms with E-state index >= 15 is 0 Å². The Bertz CT molecular complexity index is 1520. The van der Waals surface area contributed by atoms with Crippen molar-refractivity contribution in [3.63, 3.8) is 0 Å². The lowest BCUT2D eigenvalue weighted by atomic mass is 9.98. The minimum atomic E-state index is -1.74.